The molecule has 0 saturated carbocycles. The van der Waals surface area contributed by atoms with Crippen molar-refractivity contribution < 1.29 is 14.4 Å². The average molecular weight is 395 g/mol. The number of imide groups is 1. The van der Waals surface area contributed by atoms with Gasteiger partial charge in [-0.1, -0.05) is 42.5 Å². The Kier molecular flexibility index (Phi) is 4.11. The molecule has 3 aromatic rings. The van der Waals surface area contributed by atoms with E-state index in [1.165, 1.54) is 4.90 Å². The molecule has 0 spiro atoms. The molecule has 1 saturated heterocycles. The number of carbonyl (C=O) groups is 3. The number of hydrogen-bond donors (Lipinski definition) is 1. The molecule has 1 unspecified atom stereocenters. The van der Waals surface area contributed by atoms with E-state index in [4.69, 9.17) is 6.57 Å². The fourth-order valence-electron chi connectivity index (χ4n) is 4.37. The number of nitrogens with one attached hydrogen (secondary N) is 1. The van der Waals surface area contributed by atoms with E-state index in [2.05, 4.69) is 10.2 Å². The lowest BCUT2D eigenvalue weighted by molar-refractivity contribution is -0.134. The highest BCUT2D eigenvalue weighted by Crippen LogP contribution is 2.41. The zero-order chi connectivity index (χ0) is 20.8. The highest BCUT2D eigenvalue weighted by Gasteiger charge is 2.40. The Labute approximate surface area is 172 Å². The molecule has 2 aliphatic rings. The summed E-state index contributed by atoms with van der Waals surface area (Å²) < 4.78 is 0. The van der Waals surface area contributed by atoms with E-state index in [9.17, 15) is 14.4 Å². The lowest BCUT2D eigenvalue weighted by atomic mass is 9.95. The first-order chi connectivity index (χ1) is 14.6. The maximum absolute atomic E-state index is 13.2. The van der Waals surface area contributed by atoms with Crippen LogP contribution in [-0.4, -0.2) is 23.8 Å². The lowest BCUT2D eigenvalue weighted by Crippen LogP contribution is -2.53. The first-order valence-electron chi connectivity index (χ1n) is 9.75. The van der Waals surface area contributed by atoms with Crippen LogP contribution < -0.4 is 10.2 Å². The van der Waals surface area contributed by atoms with Gasteiger partial charge in [0, 0.05) is 17.4 Å². The second kappa shape index (κ2) is 6.82. The van der Waals surface area contributed by atoms with Crippen LogP contribution in [0, 0.1) is 6.57 Å². The van der Waals surface area contributed by atoms with Gasteiger partial charge in [-0.05, 0) is 41.5 Å². The third-order valence-corrected chi connectivity index (χ3v) is 5.80. The predicted octanol–water partition coefficient (Wildman–Crippen LogP) is 3.75. The van der Waals surface area contributed by atoms with Crippen molar-refractivity contribution in [3.05, 3.63) is 82.7 Å². The van der Waals surface area contributed by atoms with Gasteiger partial charge in [-0.25, -0.2) is 4.85 Å². The molecule has 146 valence electrons. The van der Waals surface area contributed by atoms with E-state index >= 15 is 0 Å². The summed E-state index contributed by atoms with van der Waals surface area (Å²) in [5, 5.41) is 4.17. The summed E-state index contributed by atoms with van der Waals surface area (Å²) >= 11 is 0. The molecular weight excluding hydrogens is 378 g/mol. The normalized spacial score (nSPS) is 17.9. The largest absolute Gasteiger partial charge is 0.295 e. The Morgan fingerprint density at radius 1 is 1.03 bits per heavy atom. The molecule has 1 atom stereocenters. The van der Waals surface area contributed by atoms with Gasteiger partial charge in [0.05, 0.1) is 12.3 Å². The summed E-state index contributed by atoms with van der Waals surface area (Å²) in [6.45, 7) is 7.09. The number of nitrogens with zero attached hydrogens (tertiary/aromatic N) is 2. The summed E-state index contributed by atoms with van der Waals surface area (Å²) in [5.74, 6) is -0.932. The number of amides is 3. The van der Waals surface area contributed by atoms with Crippen LogP contribution in [0.15, 0.2) is 54.6 Å². The van der Waals surface area contributed by atoms with E-state index in [0.717, 1.165) is 21.9 Å². The molecule has 6 nitrogen and oxygen atoms in total. The molecule has 3 aromatic carbocycles. The van der Waals surface area contributed by atoms with Crippen LogP contribution in [0.3, 0.4) is 0 Å². The van der Waals surface area contributed by atoms with Crippen molar-refractivity contribution >= 4 is 39.9 Å². The van der Waals surface area contributed by atoms with Crippen LogP contribution in [0.2, 0.25) is 0 Å². The van der Waals surface area contributed by atoms with Gasteiger partial charge in [-0.15, -0.1) is 0 Å². The number of rotatable bonds is 3. The molecule has 1 fully saturated rings. The molecule has 5 rings (SSSR count). The van der Waals surface area contributed by atoms with Crippen molar-refractivity contribution in [1.29, 1.82) is 0 Å². The smallest absolute Gasteiger partial charge is 0.259 e. The van der Waals surface area contributed by atoms with Gasteiger partial charge < -0.3 is 0 Å². The van der Waals surface area contributed by atoms with Crippen molar-refractivity contribution in [2.45, 2.75) is 25.3 Å². The van der Waals surface area contributed by atoms with Crippen LogP contribution in [0.4, 0.5) is 11.4 Å². The molecule has 2 aliphatic heterocycles. The first-order valence-corrected chi connectivity index (χ1v) is 9.75. The van der Waals surface area contributed by atoms with E-state index < -0.39 is 11.9 Å². The second-order valence-electron chi connectivity index (χ2n) is 7.57. The van der Waals surface area contributed by atoms with Crippen molar-refractivity contribution in [1.82, 2.24) is 5.32 Å². The van der Waals surface area contributed by atoms with Crippen LogP contribution in [0.25, 0.3) is 15.6 Å². The fraction of sp³-hybridized carbons (Fsp3) is 0.167. The van der Waals surface area contributed by atoms with E-state index in [-0.39, 0.29) is 18.2 Å². The molecule has 0 aliphatic carbocycles. The van der Waals surface area contributed by atoms with Gasteiger partial charge in [0.1, 0.15) is 6.04 Å². The number of benzene rings is 3. The Hall–Kier alpha value is -3.98. The molecule has 0 aromatic heterocycles. The van der Waals surface area contributed by atoms with Crippen molar-refractivity contribution in [2.24, 2.45) is 0 Å². The quantitative estimate of drug-likeness (QED) is 0.542. The van der Waals surface area contributed by atoms with E-state index in [1.54, 1.807) is 12.1 Å². The molecule has 0 radical (unpaired) electrons. The SMILES string of the molecule is [C-]#[N+]c1ccc(Cc2ccc3c4c(cccc24)N(C2CCC(=O)NC2=O)C3=O)cc1. The standard InChI is InChI=1S/C24H17N3O3/c1-25-16-8-5-14(6-9-16)13-15-7-10-18-22-17(15)3-2-4-19(22)27(24(18)30)20-11-12-21(28)26-23(20)29/h2-10,20H,11-13H2,(H,26,28,29). The second-order valence-corrected chi connectivity index (χ2v) is 7.57. The minimum Gasteiger partial charge on any atom is -0.295 e. The van der Waals surface area contributed by atoms with Gasteiger partial charge in [0.15, 0.2) is 5.69 Å². The number of piperidine rings is 1. The minimum absolute atomic E-state index is 0.205. The summed E-state index contributed by atoms with van der Waals surface area (Å²) in [7, 11) is 0. The summed E-state index contributed by atoms with van der Waals surface area (Å²) in [5.41, 5.74) is 4.05. The van der Waals surface area contributed by atoms with Crippen LogP contribution in [0.1, 0.15) is 34.3 Å². The topological polar surface area (TPSA) is 70.8 Å². The summed E-state index contributed by atoms with van der Waals surface area (Å²) in [6.07, 6.45) is 1.21. The predicted molar refractivity (Wildman–Crippen MR) is 112 cm³/mol. The monoisotopic (exact) mass is 395 g/mol. The van der Waals surface area contributed by atoms with Gasteiger partial charge in [-0.3, -0.25) is 24.6 Å². The molecular formula is C24H17N3O3. The highest BCUT2D eigenvalue weighted by molar-refractivity contribution is 6.27. The Morgan fingerprint density at radius 2 is 1.83 bits per heavy atom. The Morgan fingerprint density at radius 3 is 2.57 bits per heavy atom. The maximum Gasteiger partial charge on any atom is 0.259 e. The Balaban J connectivity index is 1.57. The van der Waals surface area contributed by atoms with E-state index in [1.807, 2.05) is 42.5 Å². The molecule has 2 heterocycles. The first kappa shape index (κ1) is 18.1. The van der Waals surface area contributed by atoms with E-state index in [0.29, 0.717) is 29.8 Å². The summed E-state index contributed by atoms with van der Waals surface area (Å²) in [6, 6.07) is 16.3. The molecule has 30 heavy (non-hydrogen) atoms. The number of anilines is 1. The zero-order valence-electron chi connectivity index (χ0n) is 16.0. The molecule has 0 bridgehead atoms. The maximum atomic E-state index is 13.2. The van der Waals surface area contributed by atoms with Crippen LogP contribution in [-0.2, 0) is 16.0 Å². The number of carbonyl (C=O) groups excluding carboxylic acids is 3. The highest BCUT2D eigenvalue weighted by atomic mass is 16.2. The zero-order valence-corrected chi connectivity index (χ0v) is 16.0. The van der Waals surface area contributed by atoms with Crippen molar-refractivity contribution in [3.8, 4) is 0 Å². The molecule has 3 amide bonds. The van der Waals surface area contributed by atoms with Gasteiger partial charge >= 0.3 is 0 Å². The molecule has 1 N–H and O–H groups in total. The van der Waals surface area contributed by atoms with Crippen molar-refractivity contribution in [2.75, 3.05) is 4.90 Å². The lowest BCUT2D eigenvalue weighted by Gasteiger charge is -2.30. The average Bonchev–Trinajstić information content (AvgIpc) is 3.04. The Bertz CT molecular complexity index is 1270. The van der Waals surface area contributed by atoms with Gasteiger partial charge in [-0.2, -0.15) is 0 Å². The fourth-order valence-corrected chi connectivity index (χ4v) is 4.37. The van der Waals surface area contributed by atoms with Gasteiger partial charge in [0.2, 0.25) is 11.8 Å². The minimum atomic E-state index is -0.683. The third-order valence-electron chi connectivity index (χ3n) is 5.80. The third kappa shape index (κ3) is 2.75. The summed E-state index contributed by atoms with van der Waals surface area (Å²) in [4.78, 5) is 42.1. The van der Waals surface area contributed by atoms with Crippen LogP contribution >= 0.6 is 0 Å². The number of hydrogen-bond acceptors (Lipinski definition) is 3. The van der Waals surface area contributed by atoms with Crippen LogP contribution in [0.5, 0.6) is 0 Å². The van der Waals surface area contributed by atoms with Crippen molar-refractivity contribution in [3.63, 3.8) is 0 Å². The van der Waals surface area contributed by atoms with Gasteiger partial charge in [0.25, 0.3) is 5.91 Å². The molecule has 6 heteroatoms.